The molecule has 1 aromatic carbocycles. The topological polar surface area (TPSA) is 107 Å². The molecule has 0 spiro atoms. The summed E-state index contributed by atoms with van der Waals surface area (Å²) in [4.78, 5) is 30.2. The molecule has 0 radical (unpaired) electrons. The van der Waals surface area contributed by atoms with Crippen LogP contribution < -0.4 is 20.1 Å². The van der Waals surface area contributed by atoms with Gasteiger partial charge in [-0.2, -0.15) is 18.3 Å². The van der Waals surface area contributed by atoms with Gasteiger partial charge >= 0.3 is 6.18 Å². The summed E-state index contributed by atoms with van der Waals surface area (Å²) in [5.74, 6) is -1.23. The highest BCUT2D eigenvalue weighted by Gasteiger charge is 2.37. The van der Waals surface area contributed by atoms with Crippen LogP contribution in [-0.4, -0.2) is 45.8 Å². The summed E-state index contributed by atoms with van der Waals surface area (Å²) in [6, 6.07) is 4.59. The Morgan fingerprint density at radius 3 is 2.58 bits per heavy atom. The van der Waals surface area contributed by atoms with E-state index in [4.69, 9.17) is 21.1 Å². The van der Waals surface area contributed by atoms with Gasteiger partial charge in [-0.1, -0.05) is 11.6 Å². The molecule has 0 bridgehead atoms. The number of pyridine rings is 1. The molecule has 3 aromatic rings. The number of nitrogens with one attached hydrogen (secondary N) is 2. The van der Waals surface area contributed by atoms with Crippen molar-refractivity contribution in [2.75, 3.05) is 18.5 Å². The predicted octanol–water partition coefficient (Wildman–Crippen LogP) is 4.86. The number of anilines is 1. The van der Waals surface area contributed by atoms with Crippen LogP contribution in [0.4, 0.5) is 18.9 Å². The van der Waals surface area contributed by atoms with E-state index in [2.05, 4.69) is 36.6 Å². The van der Waals surface area contributed by atoms with Crippen molar-refractivity contribution in [3.63, 3.8) is 0 Å². The third-order valence-corrected chi connectivity index (χ3v) is 5.90. The summed E-state index contributed by atoms with van der Waals surface area (Å²) in [5, 5.41) is 8.71. The number of aromatic nitrogens is 3. The molecular formula is C22H18BrClF3N5O4. The minimum atomic E-state index is -4.85. The van der Waals surface area contributed by atoms with Crippen LogP contribution in [0.15, 0.2) is 34.9 Å². The van der Waals surface area contributed by atoms with Crippen molar-refractivity contribution in [3.8, 4) is 17.3 Å². The maximum atomic E-state index is 13.5. The van der Waals surface area contributed by atoms with Crippen LogP contribution in [0.5, 0.6) is 11.5 Å². The van der Waals surface area contributed by atoms with Crippen LogP contribution in [0.2, 0.25) is 5.02 Å². The average Bonchev–Trinajstić information content (AvgIpc) is 3.26. The third-order valence-electron chi connectivity index (χ3n) is 4.85. The number of nitrogens with zero attached hydrogens (tertiary/aromatic N) is 3. The van der Waals surface area contributed by atoms with E-state index in [-0.39, 0.29) is 57.3 Å². The average molecular weight is 589 g/mol. The highest BCUT2D eigenvalue weighted by Crippen LogP contribution is 2.44. The van der Waals surface area contributed by atoms with Crippen LogP contribution >= 0.6 is 27.5 Å². The van der Waals surface area contributed by atoms with E-state index in [1.54, 1.807) is 13.8 Å². The number of amides is 2. The summed E-state index contributed by atoms with van der Waals surface area (Å²) < 4.78 is 52.5. The monoisotopic (exact) mass is 587 g/mol. The highest BCUT2D eigenvalue weighted by atomic mass is 79.9. The minimum absolute atomic E-state index is 0.00570. The van der Waals surface area contributed by atoms with E-state index >= 15 is 0 Å². The molecule has 9 nitrogen and oxygen atoms in total. The number of carbonyl (C=O) groups excluding carboxylic acids is 2. The van der Waals surface area contributed by atoms with Gasteiger partial charge in [0.05, 0.1) is 20.7 Å². The van der Waals surface area contributed by atoms with Crippen molar-refractivity contribution in [3.05, 3.63) is 56.9 Å². The molecular weight excluding hydrogens is 571 g/mol. The van der Waals surface area contributed by atoms with E-state index in [1.807, 2.05) is 0 Å². The maximum Gasteiger partial charge on any atom is 0.435 e. The largest absolute Gasteiger partial charge is 0.486 e. The molecule has 0 unspecified atom stereocenters. The number of benzene rings is 1. The standard InChI is InChI=1S/C22H18BrClF3N5O4/c1-10(2)29-20(33)11-8-14-18(36-7-6-35-14)16(23)17(11)30-21(34)13-9-15(22(25,26)27)31-32(13)19-12(24)4-3-5-28-19/h3-5,8-10H,6-7H2,1-2H3,(H,29,33)(H,30,34). The van der Waals surface area contributed by atoms with Gasteiger partial charge < -0.3 is 20.1 Å². The number of hydrogen-bond acceptors (Lipinski definition) is 6. The molecule has 0 saturated carbocycles. The van der Waals surface area contributed by atoms with Gasteiger partial charge in [0, 0.05) is 18.3 Å². The van der Waals surface area contributed by atoms with Gasteiger partial charge in [-0.15, -0.1) is 0 Å². The molecule has 3 heterocycles. The molecule has 36 heavy (non-hydrogen) atoms. The fourth-order valence-electron chi connectivity index (χ4n) is 3.34. The second-order valence-electron chi connectivity index (χ2n) is 7.85. The Bertz CT molecular complexity index is 1350. The van der Waals surface area contributed by atoms with Crippen LogP contribution in [-0.2, 0) is 6.18 Å². The van der Waals surface area contributed by atoms with Crippen molar-refractivity contribution in [2.45, 2.75) is 26.1 Å². The van der Waals surface area contributed by atoms with Crippen LogP contribution in [0.25, 0.3) is 5.82 Å². The lowest BCUT2D eigenvalue weighted by atomic mass is 10.1. The fourth-order valence-corrected chi connectivity index (χ4v) is 4.16. The lowest BCUT2D eigenvalue weighted by Gasteiger charge is -2.23. The number of alkyl halides is 3. The molecule has 0 saturated heterocycles. The van der Waals surface area contributed by atoms with E-state index in [0.717, 1.165) is 0 Å². The van der Waals surface area contributed by atoms with Gasteiger partial charge in [-0.05, 0) is 48.0 Å². The van der Waals surface area contributed by atoms with Gasteiger partial charge in [-0.3, -0.25) is 9.59 Å². The highest BCUT2D eigenvalue weighted by molar-refractivity contribution is 9.10. The van der Waals surface area contributed by atoms with Crippen molar-refractivity contribution >= 4 is 45.0 Å². The molecule has 1 aliphatic rings. The molecule has 4 rings (SSSR count). The first kappa shape index (κ1) is 25.8. The quantitative estimate of drug-likeness (QED) is 0.441. The van der Waals surface area contributed by atoms with E-state index in [1.165, 1.54) is 24.4 Å². The SMILES string of the molecule is CC(C)NC(=O)c1cc2c(c(Br)c1NC(=O)c1cc(C(F)(F)F)nn1-c1ncccc1Cl)OCCO2. The van der Waals surface area contributed by atoms with Crippen molar-refractivity contribution in [1.82, 2.24) is 20.1 Å². The number of hydrogen-bond donors (Lipinski definition) is 2. The van der Waals surface area contributed by atoms with Gasteiger partial charge in [0.1, 0.15) is 18.9 Å². The second-order valence-corrected chi connectivity index (χ2v) is 9.05. The minimum Gasteiger partial charge on any atom is -0.486 e. The number of carbonyl (C=O) groups is 2. The summed E-state index contributed by atoms with van der Waals surface area (Å²) in [5.41, 5.74) is -1.87. The number of ether oxygens (including phenoxy) is 2. The Hall–Kier alpha value is -3.32. The van der Waals surface area contributed by atoms with Gasteiger partial charge in [0.15, 0.2) is 23.0 Å². The summed E-state index contributed by atoms with van der Waals surface area (Å²) in [7, 11) is 0. The Kier molecular flexibility index (Phi) is 7.14. The number of rotatable bonds is 5. The van der Waals surface area contributed by atoms with Gasteiger partial charge in [0.25, 0.3) is 11.8 Å². The zero-order valence-corrected chi connectivity index (χ0v) is 21.1. The molecule has 0 aliphatic carbocycles. The molecule has 0 fully saturated rings. The third kappa shape index (κ3) is 5.12. The molecule has 2 N–H and O–H groups in total. The molecule has 1 aliphatic heterocycles. The number of fused-ring (bicyclic) bond motifs is 1. The first-order chi connectivity index (χ1) is 17.0. The zero-order valence-electron chi connectivity index (χ0n) is 18.7. The second kappa shape index (κ2) is 9.97. The van der Waals surface area contributed by atoms with E-state index in [0.29, 0.717) is 10.7 Å². The summed E-state index contributed by atoms with van der Waals surface area (Å²) in [6.07, 6.45) is -3.55. The van der Waals surface area contributed by atoms with Crippen molar-refractivity contribution < 1.29 is 32.2 Å². The molecule has 2 aromatic heterocycles. The smallest absolute Gasteiger partial charge is 0.435 e. The van der Waals surface area contributed by atoms with E-state index in [9.17, 15) is 22.8 Å². The first-order valence-corrected chi connectivity index (χ1v) is 11.7. The Balaban J connectivity index is 1.82. The Morgan fingerprint density at radius 1 is 1.19 bits per heavy atom. The van der Waals surface area contributed by atoms with Crippen molar-refractivity contribution in [2.24, 2.45) is 0 Å². The van der Waals surface area contributed by atoms with Gasteiger partial charge in [-0.25, -0.2) is 9.67 Å². The van der Waals surface area contributed by atoms with Gasteiger partial charge in [0.2, 0.25) is 0 Å². The van der Waals surface area contributed by atoms with Crippen LogP contribution in [0.1, 0.15) is 40.4 Å². The molecule has 190 valence electrons. The first-order valence-electron chi connectivity index (χ1n) is 10.5. The molecule has 2 amide bonds. The van der Waals surface area contributed by atoms with Crippen LogP contribution in [0.3, 0.4) is 0 Å². The Morgan fingerprint density at radius 2 is 1.92 bits per heavy atom. The number of halogens is 5. The lowest BCUT2D eigenvalue weighted by Crippen LogP contribution is -2.31. The molecule has 0 atom stereocenters. The normalized spacial score (nSPS) is 13.0. The van der Waals surface area contributed by atoms with E-state index < -0.39 is 29.4 Å². The predicted molar refractivity (Wildman–Crippen MR) is 127 cm³/mol. The maximum absolute atomic E-state index is 13.5. The summed E-state index contributed by atoms with van der Waals surface area (Å²) in [6.45, 7) is 3.96. The lowest BCUT2D eigenvalue weighted by molar-refractivity contribution is -0.141. The summed E-state index contributed by atoms with van der Waals surface area (Å²) >= 11 is 9.44. The molecule has 14 heteroatoms. The van der Waals surface area contributed by atoms with Crippen LogP contribution in [0, 0.1) is 0 Å². The Labute approximate surface area is 216 Å². The fraction of sp³-hybridized carbons (Fsp3) is 0.273. The zero-order chi connectivity index (χ0) is 26.2. The van der Waals surface area contributed by atoms with Crippen molar-refractivity contribution in [1.29, 1.82) is 0 Å².